The Bertz CT molecular complexity index is 435. The Morgan fingerprint density at radius 3 is 2.94 bits per heavy atom. The molecule has 0 spiro atoms. The van der Waals surface area contributed by atoms with Crippen LogP contribution in [0.3, 0.4) is 0 Å². The van der Waals surface area contributed by atoms with Crippen molar-refractivity contribution in [3.8, 4) is 0 Å². The van der Waals surface area contributed by atoms with E-state index in [1.165, 1.54) is 32.1 Å². The predicted octanol–water partition coefficient (Wildman–Crippen LogP) is 2.96. The molecular weight excluding hydrogens is 246 g/mol. The average molecular weight is 266 g/mol. The maximum absolute atomic E-state index is 6.37. The van der Waals surface area contributed by atoms with Gasteiger partial charge in [-0.2, -0.15) is 0 Å². The minimum Gasteiger partial charge on any atom is -0.352 e. The Kier molecular flexibility index (Phi) is 3.44. The molecule has 0 aromatic carbocycles. The third-order valence-corrected chi connectivity index (χ3v) is 4.66. The molecule has 4 heteroatoms. The number of pyridine rings is 1. The molecule has 2 N–H and O–H groups in total. The molecule has 1 aromatic heterocycles. The maximum Gasteiger partial charge on any atom is 0.147 e. The number of nitrogens with two attached hydrogens (primary N) is 1. The lowest BCUT2D eigenvalue weighted by atomic mass is 9.92. The average Bonchev–Trinajstić information content (AvgIpc) is 2.87. The summed E-state index contributed by atoms with van der Waals surface area (Å²) in [5, 5.41) is 0.755. The van der Waals surface area contributed by atoms with Gasteiger partial charge >= 0.3 is 0 Å². The van der Waals surface area contributed by atoms with Crippen LogP contribution >= 0.6 is 11.6 Å². The number of piperidine rings is 1. The second-order valence-corrected chi connectivity index (χ2v) is 5.85. The van der Waals surface area contributed by atoms with Gasteiger partial charge < -0.3 is 10.6 Å². The number of anilines is 1. The van der Waals surface area contributed by atoms with Crippen molar-refractivity contribution >= 4 is 17.4 Å². The summed E-state index contributed by atoms with van der Waals surface area (Å²) < 4.78 is 0. The molecule has 3 nitrogen and oxygen atoms in total. The summed E-state index contributed by atoms with van der Waals surface area (Å²) in [6.07, 6.45) is 8.52. The van der Waals surface area contributed by atoms with Crippen LogP contribution in [0.5, 0.6) is 0 Å². The molecule has 2 aliphatic rings. The Morgan fingerprint density at radius 2 is 2.17 bits per heavy atom. The molecule has 2 unspecified atom stereocenters. The normalized spacial score (nSPS) is 27.3. The smallest absolute Gasteiger partial charge is 0.147 e. The first-order valence-electron chi connectivity index (χ1n) is 6.90. The van der Waals surface area contributed by atoms with E-state index in [1.807, 2.05) is 12.3 Å². The van der Waals surface area contributed by atoms with E-state index >= 15 is 0 Å². The van der Waals surface area contributed by atoms with E-state index in [9.17, 15) is 0 Å². The molecule has 2 atom stereocenters. The highest BCUT2D eigenvalue weighted by molar-refractivity contribution is 6.33. The number of fused-ring (bicyclic) bond motifs is 1. The number of rotatable bonds is 2. The van der Waals surface area contributed by atoms with Crippen LogP contribution in [-0.4, -0.2) is 17.6 Å². The third-order valence-electron chi connectivity index (χ3n) is 4.38. The van der Waals surface area contributed by atoms with Crippen LogP contribution in [0.2, 0.25) is 5.02 Å². The fourth-order valence-corrected chi connectivity index (χ4v) is 3.81. The van der Waals surface area contributed by atoms with Crippen molar-refractivity contribution in [3.05, 3.63) is 22.8 Å². The van der Waals surface area contributed by atoms with Gasteiger partial charge in [0.05, 0.1) is 5.02 Å². The van der Waals surface area contributed by atoms with Gasteiger partial charge in [0.15, 0.2) is 0 Å². The molecular formula is C14H20ClN3. The minimum absolute atomic E-state index is 0.499. The van der Waals surface area contributed by atoms with E-state index in [1.54, 1.807) is 0 Å². The molecule has 18 heavy (non-hydrogen) atoms. The lowest BCUT2D eigenvalue weighted by molar-refractivity contribution is 0.360. The molecule has 3 rings (SSSR count). The van der Waals surface area contributed by atoms with Crippen LogP contribution in [0.25, 0.3) is 0 Å². The van der Waals surface area contributed by atoms with Gasteiger partial charge in [-0.25, -0.2) is 4.98 Å². The molecule has 1 saturated carbocycles. The van der Waals surface area contributed by atoms with Gasteiger partial charge in [-0.05, 0) is 43.2 Å². The molecule has 0 radical (unpaired) electrons. The second kappa shape index (κ2) is 5.06. The van der Waals surface area contributed by atoms with Crippen LogP contribution in [0.4, 0.5) is 5.82 Å². The zero-order valence-corrected chi connectivity index (χ0v) is 11.4. The molecule has 0 amide bonds. The maximum atomic E-state index is 6.37. The first-order valence-corrected chi connectivity index (χ1v) is 7.28. The molecule has 0 bridgehead atoms. The molecule has 1 aliphatic carbocycles. The summed E-state index contributed by atoms with van der Waals surface area (Å²) in [6, 6.07) is 2.62. The highest BCUT2D eigenvalue weighted by Gasteiger charge is 2.36. The molecule has 1 aromatic rings. The number of nitrogens with zero attached hydrogens (tertiary/aromatic N) is 2. The van der Waals surface area contributed by atoms with Gasteiger partial charge in [-0.15, -0.1) is 0 Å². The zero-order valence-electron chi connectivity index (χ0n) is 10.6. The van der Waals surface area contributed by atoms with E-state index in [2.05, 4.69) is 9.88 Å². The summed E-state index contributed by atoms with van der Waals surface area (Å²) in [7, 11) is 0. The number of aromatic nitrogens is 1. The van der Waals surface area contributed by atoms with Crippen molar-refractivity contribution in [1.29, 1.82) is 0 Å². The first kappa shape index (κ1) is 12.2. The molecule has 2 fully saturated rings. The van der Waals surface area contributed by atoms with Crippen molar-refractivity contribution in [3.63, 3.8) is 0 Å². The van der Waals surface area contributed by atoms with Gasteiger partial charge in [0.1, 0.15) is 5.82 Å². The Labute approximate surface area is 113 Å². The van der Waals surface area contributed by atoms with Crippen molar-refractivity contribution in [1.82, 2.24) is 4.98 Å². The van der Waals surface area contributed by atoms with E-state index in [4.69, 9.17) is 17.3 Å². The molecule has 1 aliphatic heterocycles. The fourth-order valence-electron chi connectivity index (χ4n) is 3.51. The van der Waals surface area contributed by atoms with Crippen LogP contribution in [0, 0.1) is 5.92 Å². The lowest BCUT2D eigenvalue weighted by Crippen LogP contribution is -2.43. The summed E-state index contributed by atoms with van der Waals surface area (Å²) in [5.41, 5.74) is 6.62. The number of hydrogen-bond acceptors (Lipinski definition) is 3. The SMILES string of the molecule is NCc1cnc(N2CCCC3CCCC32)c(Cl)c1. The Morgan fingerprint density at radius 1 is 1.33 bits per heavy atom. The molecule has 98 valence electrons. The topological polar surface area (TPSA) is 42.1 Å². The van der Waals surface area contributed by atoms with Crippen molar-refractivity contribution in [2.24, 2.45) is 11.7 Å². The zero-order chi connectivity index (χ0) is 12.5. The Hall–Kier alpha value is -0.800. The van der Waals surface area contributed by atoms with Gasteiger partial charge in [-0.3, -0.25) is 0 Å². The van der Waals surface area contributed by atoms with E-state index in [0.717, 1.165) is 28.9 Å². The van der Waals surface area contributed by atoms with Gasteiger partial charge in [0.25, 0.3) is 0 Å². The van der Waals surface area contributed by atoms with Crippen molar-refractivity contribution in [2.45, 2.75) is 44.7 Å². The van der Waals surface area contributed by atoms with Crippen LogP contribution < -0.4 is 10.6 Å². The highest BCUT2D eigenvalue weighted by Crippen LogP contribution is 2.40. The van der Waals surface area contributed by atoms with Crippen LogP contribution in [0.15, 0.2) is 12.3 Å². The van der Waals surface area contributed by atoms with Crippen molar-refractivity contribution < 1.29 is 0 Å². The van der Waals surface area contributed by atoms with Crippen LogP contribution in [-0.2, 0) is 6.54 Å². The standard InChI is InChI=1S/C14H20ClN3/c15-12-7-10(8-16)9-17-14(12)18-6-2-4-11-3-1-5-13(11)18/h7,9,11,13H,1-6,8,16H2. The van der Waals surface area contributed by atoms with E-state index < -0.39 is 0 Å². The fraction of sp³-hybridized carbons (Fsp3) is 0.643. The minimum atomic E-state index is 0.499. The lowest BCUT2D eigenvalue weighted by Gasteiger charge is -2.39. The summed E-state index contributed by atoms with van der Waals surface area (Å²) >= 11 is 6.37. The highest BCUT2D eigenvalue weighted by atomic mass is 35.5. The van der Waals surface area contributed by atoms with E-state index in [-0.39, 0.29) is 0 Å². The summed E-state index contributed by atoms with van der Waals surface area (Å²) in [5.74, 6) is 1.82. The second-order valence-electron chi connectivity index (χ2n) is 5.45. The Balaban J connectivity index is 1.89. The summed E-state index contributed by atoms with van der Waals surface area (Å²) in [4.78, 5) is 6.98. The number of hydrogen-bond donors (Lipinski definition) is 1. The van der Waals surface area contributed by atoms with Crippen LogP contribution in [0.1, 0.15) is 37.7 Å². The molecule has 2 heterocycles. The number of halogens is 1. The third kappa shape index (κ3) is 2.10. The summed E-state index contributed by atoms with van der Waals surface area (Å²) in [6.45, 7) is 1.59. The quantitative estimate of drug-likeness (QED) is 0.894. The van der Waals surface area contributed by atoms with E-state index in [0.29, 0.717) is 12.6 Å². The largest absolute Gasteiger partial charge is 0.352 e. The molecule has 1 saturated heterocycles. The monoisotopic (exact) mass is 265 g/mol. The van der Waals surface area contributed by atoms with Crippen molar-refractivity contribution in [2.75, 3.05) is 11.4 Å². The van der Waals surface area contributed by atoms with Gasteiger partial charge in [0, 0.05) is 25.3 Å². The first-order chi connectivity index (χ1) is 8.79. The predicted molar refractivity (Wildman–Crippen MR) is 74.8 cm³/mol. The van der Waals surface area contributed by atoms with Gasteiger partial charge in [0.2, 0.25) is 0 Å². The van der Waals surface area contributed by atoms with Gasteiger partial charge in [-0.1, -0.05) is 18.0 Å².